The lowest BCUT2D eigenvalue weighted by atomic mass is 10.3. The largest absolute Gasteiger partial charge is 0.305 e. The second-order valence-electron chi connectivity index (χ2n) is 5.15. The maximum absolute atomic E-state index is 12.6. The smallest absolute Gasteiger partial charge is 0.277 e. The van der Waals surface area contributed by atoms with Crippen molar-refractivity contribution in [2.45, 2.75) is 0 Å². The van der Waals surface area contributed by atoms with Gasteiger partial charge in [0.05, 0.1) is 6.20 Å². The maximum Gasteiger partial charge on any atom is 0.277 e. The molecule has 9 nitrogen and oxygen atoms in total. The summed E-state index contributed by atoms with van der Waals surface area (Å²) < 4.78 is 1.36. The molecule has 0 atom stereocenters. The summed E-state index contributed by atoms with van der Waals surface area (Å²) in [6.07, 6.45) is 6.19. The zero-order chi connectivity index (χ0) is 17.8. The maximum atomic E-state index is 12.6. The van der Waals surface area contributed by atoms with E-state index in [2.05, 4.69) is 35.6 Å². The van der Waals surface area contributed by atoms with Crippen LogP contribution in [0.1, 0.15) is 10.5 Å². The second-order valence-corrected chi connectivity index (χ2v) is 5.15. The van der Waals surface area contributed by atoms with E-state index in [1.54, 1.807) is 55.0 Å². The first-order chi connectivity index (χ1) is 12.8. The Hall–Kier alpha value is -4.01. The quantitative estimate of drug-likeness (QED) is 0.600. The highest BCUT2D eigenvalue weighted by Gasteiger charge is 2.16. The Morgan fingerprint density at radius 2 is 1.77 bits per heavy atom. The summed E-state index contributed by atoms with van der Waals surface area (Å²) in [6, 6.07) is 12.3. The zero-order valence-electron chi connectivity index (χ0n) is 13.4. The molecule has 126 valence electrons. The van der Waals surface area contributed by atoms with Crippen molar-refractivity contribution in [3.63, 3.8) is 0 Å². The Labute approximate surface area is 147 Å². The summed E-state index contributed by atoms with van der Waals surface area (Å²) in [4.78, 5) is 29.5. The van der Waals surface area contributed by atoms with Crippen molar-refractivity contribution in [2.75, 3.05) is 5.32 Å². The summed E-state index contributed by atoms with van der Waals surface area (Å²) >= 11 is 0. The molecule has 0 bridgehead atoms. The fourth-order valence-corrected chi connectivity index (χ4v) is 2.27. The average Bonchev–Trinajstić information content (AvgIpc) is 3.20. The fraction of sp³-hybridized carbons (Fsp3) is 0. The molecule has 0 aromatic carbocycles. The van der Waals surface area contributed by atoms with Gasteiger partial charge in [0, 0.05) is 18.6 Å². The number of amides is 1. The Balaban J connectivity index is 1.60. The van der Waals surface area contributed by atoms with Crippen molar-refractivity contribution in [1.29, 1.82) is 0 Å². The van der Waals surface area contributed by atoms with E-state index in [9.17, 15) is 4.79 Å². The number of carbonyl (C=O) groups excluding carboxylic acids is 1. The minimum atomic E-state index is -0.411. The molecule has 4 rings (SSSR count). The third kappa shape index (κ3) is 3.13. The van der Waals surface area contributed by atoms with Gasteiger partial charge in [-0.3, -0.25) is 9.78 Å². The number of aromatic nitrogens is 7. The molecule has 0 radical (unpaired) electrons. The van der Waals surface area contributed by atoms with Gasteiger partial charge in [0.15, 0.2) is 17.3 Å². The van der Waals surface area contributed by atoms with Crippen LogP contribution in [0.3, 0.4) is 0 Å². The van der Waals surface area contributed by atoms with Crippen molar-refractivity contribution in [3.05, 3.63) is 72.9 Å². The van der Waals surface area contributed by atoms with E-state index >= 15 is 0 Å². The lowest BCUT2D eigenvalue weighted by Crippen LogP contribution is -2.18. The van der Waals surface area contributed by atoms with Crippen LogP contribution in [0.4, 0.5) is 5.82 Å². The first-order valence-corrected chi connectivity index (χ1v) is 7.69. The highest BCUT2D eigenvalue weighted by molar-refractivity contribution is 6.02. The summed E-state index contributed by atoms with van der Waals surface area (Å²) in [6.45, 7) is 0. The molecule has 0 saturated carbocycles. The van der Waals surface area contributed by atoms with Crippen LogP contribution in [-0.2, 0) is 0 Å². The van der Waals surface area contributed by atoms with Crippen LogP contribution >= 0.6 is 0 Å². The summed E-state index contributed by atoms with van der Waals surface area (Å²) in [5, 5.41) is 10.4. The number of anilines is 1. The van der Waals surface area contributed by atoms with Gasteiger partial charge in [-0.15, -0.1) is 5.10 Å². The van der Waals surface area contributed by atoms with E-state index < -0.39 is 5.91 Å². The van der Waals surface area contributed by atoms with Crippen molar-refractivity contribution in [3.8, 4) is 17.3 Å². The molecule has 0 saturated heterocycles. The Morgan fingerprint density at radius 3 is 2.54 bits per heavy atom. The van der Waals surface area contributed by atoms with E-state index in [-0.39, 0.29) is 5.69 Å². The van der Waals surface area contributed by atoms with Crippen molar-refractivity contribution in [1.82, 2.24) is 34.9 Å². The van der Waals surface area contributed by atoms with Gasteiger partial charge in [0.1, 0.15) is 11.5 Å². The molecular formula is C17H12N8O. The Morgan fingerprint density at radius 1 is 0.923 bits per heavy atom. The first kappa shape index (κ1) is 15.5. The number of hydrogen-bond acceptors (Lipinski definition) is 7. The van der Waals surface area contributed by atoms with Crippen LogP contribution in [-0.4, -0.2) is 40.8 Å². The molecular weight excluding hydrogens is 332 g/mol. The molecule has 26 heavy (non-hydrogen) atoms. The normalized spacial score (nSPS) is 10.5. The van der Waals surface area contributed by atoms with Gasteiger partial charge >= 0.3 is 0 Å². The third-order valence-electron chi connectivity index (χ3n) is 3.44. The van der Waals surface area contributed by atoms with Crippen molar-refractivity contribution >= 4 is 11.7 Å². The standard InChI is InChI=1S/C17H12N8O/c26-17(13-11-21-24-25(13)15-6-2-4-9-19-15)23-14-7-10-20-16(22-14)12-5-1-3-8-18-12/h1-11H,(H,20,22,23,26). The number of pyridine rings is 2. The van der Waals surface area contributed by atoms with Crippen molar-refractivity contribution < 1.29 is 4.79 Å². The number of carbonyl (C=O) groups is 1. The number of rotatable bonds is 4. The first-order valence-electron chi connectivity index (χ1n) is 7.69. The molecule has 0 aliphatic carbocycles. The summed E-state index contributed by atoms with van der Waals surface area (Å²) in [7, 11) is 0. The van der Waals surface area contributed by atoms with Crippen LogP contribution in [0.2, 0.25) is 0 Å². The van der Waals surface area contributed by atoms with E-state index in [0.29, 0.717) is 23.2 Å². The minimum Gasteiger partial charge on any atom is -0.305 e. The Bertz CT molecular complexity index is 1030. The molecule has 1 amide bonds. The van der Waals surface area contributed by atoms with E-state index in [0.717, 1.165) is 0 Å². The molecule has 0 aliphatic heterocycles. The van der Waals surface area contributed by atoms with Gasteiger partial charge in [-0.1, -0.05) is 17.3 Å². The monoisotopic (exact) mass is 344 g/mol. The predicted molar refractivity (Wildman–Crippen MR) is 92.4 cm³/mol. The van der Waals surface area contributed by atoms with Crippen LogP contribution in [0.5, 0.6) is 0 Å². The van der Waals surface area contributed by atoms with Gasteiger partial charge in [0.2, 0.25) is 0 Å². The SMILES string of the molecule is O=C(Nc1ccnc(-c2ccccn2)n1)c1cnnn1-c1ccccn1. The second kappa shape index (κ2) is 6.85. The van der Waals surface area contributed by atoms with Gasteiger partial charge in [-0.2, -0.15) is 4.68 Å². The van der Waals surface area contributed by atoms with Crippen molar-refractivity contribution in [2.24, 2.45) is 0 Å². The number of nitrogens with zero attached hydrogens (tertiary/aromatic N) is 7. The molecule has 0 fully saturated rings. The lowest BCUT2D eigenvalue weighted by molar-refractivity contribution is 0.101. The van der Waals surface area contributed by atoms with Crippen LogP contribution in [0.15, 0.2) is 67.3 Å². The fourth-order valence-electron chi connectivity index (χ4n) is 2.27. The average molecular weight is 344 g/mol. The minimum absolute atomic E-state index is 0.238. The van der Waals surface area contributed by atoms with Gasteiger partial charge < -0.3 is 5.32 Å². The topological polar surface area (TPSA) is 111 Å². The number of nitrogens with one attached hydrogen (secondary N) is 1. The van der Waals surface area contributed by atoms with E-state index in [1.807, 2.05) is 6.07 Å². The van der Waals surface area contributed by atoms with E-state index in [4.69, 9.17) is 0 Å². The molecule has 0 unspecified atom stereocenters. The number of hydrogen-bond donors (Lipinski definition) is 1. The van der Waals surface area contributed by atoms with Crippen LogP contribution in [0.25, 0.3) is 17.3 Å². The summed E-state index contributed by atoms with van der Waals surface area (Å²) in [5.74, 6) is 0.845. The Kier molecular flexibility index (Phi) is 4.09. The zero-order valence-corrected chi connectivity index (χ0v) is 13.4. The molecule has 0 aliphatic rings. The molecule has 9 heteroatoms. The highest BCUT2D eigenvalue weighted by Crippen LogP contribution is 2.14. The highest BCUT2D eigenvalue weighted by atomic mass is 16.2. The molecule has 4 heterocycles. The van der Waals surface area contributed by atoms with Crippen LogP contribution < -0.4 is 5.32 Å². The molecule has 4 aromatic heterocycles. The van der Waals surface area contributed by atoms with Crippen LogP contribution in [0, 0.1) is 0 Å². The predicted octanol–water partition coefficient (Wildman–Crippen LogP) is 1.77. The van der Waals surface area contributed by atoms with Gasteiger partial charge in [0.25, 0.3) is 5.91 Å². The third-order valence-corrected chi connectivity index (χ3v) is 3.44. The molecule has 4 aromatic rings. The van der Waals surface area contributed by atoms with Gasteiger partial charge in [-0.05, 0) is 30.3 Å². The lowest BCUT2D eigenvalue weighted by Gasteiger charge is -2.07. The van der Waals surface area contributed by atoms with E-state index in [1.165, 1.54) is 10.9 Å². The molecule has 1 N–H and O–H groups in total. The van der Waals surface area contributed by atoms with Gasteiger partial charge in [-0.25, -0.2) is 15.0 Å². The molecule has 0 spiro atoms. The summed E-state index contributed by atoms with van der Waals surface area (Å²) in [5.41, 5.74) is 0.852.